The Labute approximate surface area is 129 Å². The van der Waals surface area contributed by atoms with Gasteiger partial charge >= 0.3 is 0 Å². The van der Waals surface area contributed by atoms with Crippen molar-refractivity contribution in [1.29, 1.82) is 5.26 Å². The monoisotopic (exact) mass is 320 g/mol. The number of nitriles is 1. The van der Waals surface area contributed by atoms with Crippen LogP contribution in [-0.2, 0) is 16.6 Å². The summed E-state index contributed by atoms with van der Waals surface area (Å²) in [4.78, 5) is 0.0409. The minimum absolute atomic E-state index is 0.0409. The third kappa shape index (κ3) is 3.82. The molecular formula is C15H13ClN2O2S. The Hall–Kier alpha value is -1.87. The van der Waals surface area contributed by atoms with Crippen LogP contribution in [0.5, 0.6) is 0 Å². The van der Waals surface area contributed by atoms with Crippen molar-refractivity contribution in [2.24, 2.45) is 0 Å². The molecule has 21 heavy (non-hydrogen) atoms. The molecule has 1 N–H and O–H groups in total. The molecule has 0 aliphatic heterocycles. The molecule has 0 atom stereocenters. The second kappa shape index (κ2) is 6.27. The van der Waals surface area contributed by atoms with Crippen LogP contribution in [0, 0.1) is 18.3 Å². The number of aryl methyl sites for hydroxylation is 1. The van der Waals surface area contributed by atoms with Crippen LogP contribution in [-0.4, -0.2) is 8.42 Å². The quantitative estimate of drug-likeness (QED) is 0.941. The molecule has 0 heterocycles. The first-order chi connectivity index (χ1) is 9.92. The summed E-state index contributed by atoms with van der Waals surface area (Å²) in [7, 11) is -3.66. The Balaban J connectivity index is 2.19. The molecule has 0 radical (unpaired) electrons. The first-order valence-corrected chi connectivity index (χ1v) is 8.03. The highest BCUT2D eigenvalue weighted by atomic mass is 35.5. The molecule has 0 saturated heterocycles. The van der Waals surface area contributed by atoms with Gasteiger partial charge in [-0.05, 0) is 30.7 Å². The average molecular weight is 321 g/mol. The molecule has 0 aliphatic carbocycles. The van der Waals surface area contributed by atoms with Crippen LogP contribution >= 0.6 is 11.6 Å². The van der Waals surface area contributed by atoms with Crippen LogP contribution in [0.25, 0.3) is 0 Å². The molecule has 108 valence electrons. The standard InChI is InChI=1S/C15H13ClN2O2S/c1-11-3-2-4-12(7-11)10-18-21(19,20)14-6-5-13(9-17)15(16)8-14/h2-8,18H,10H2,1H3. The summed E-state index contributed by atoms with van der Waals surface area (Å²) in [5.41, 5.74) is 2.18. The molecular weight excluding hydrogens is 308 g/mol. The van der Waals surface area contributed by atoms with E-state index in [0.29, 0.717) is 0 Å². The van der Waals surface area contributed by atoms with Crippen LogP contribution in [0.2, 0.25) is 5.02 Å². The normalized spacial score (nSPS) is 11.1. The largest absolute Gasteiger partial charge is 0.240 e. The SMILES string of the molecule is Cc1cccc(CNS(=O)(=O)c2ccc(C#N)c(Cl)c2)c1. The van der Waals surface area contributed by atoms with Gasteiger partial charge in [0.25, 0.3) is 0 Å². The van der Waals surface area contributed by atoms with Crippen molar-refractivity contribution in [1.82, 2.24) is 4.72 Å². The van der Waals surface area contributed by atoms with Crippen LogP contribution in [0.15, 0.2) is 47.4 Å². The molecule has 0 aromatic heterocycles. The summed E-state index contributed by atoms with van der Waals surface area (Å²) < 4.78 is 26.9. The van der Waals surface area contributed by atoms with Gasteiger partial charge in [-0.15, -0.1) is 0 Å². The van der Waals surface area contributed by atoms with Crippen LogP contribution < -0.4 is 4.72 Å². The molecule has 0 unspecified atom stereocenters. The molecule has 0 fully saturated rings. The molecule has 2 aromatic rings. The van der Waals surface area contributed by atoms with Crippen molar-refractivity contribution in [3.05, 3.63) is 64.2 Å². The van der Waals surface area contributed by atoms with Crippen molar-refractivity contribution in [2.75, 3.05) is 0 Å². The maximum atomic E-state index is 12.2. The number of halogens is 1. The van der Waals surface area contributed by atoms with Gasteiger partial charge in [0.1, 0.15) is 6.07 Å². The van der Waals surface area contributed by atoms with Crippen molar-refractivity contribution in [2.45, 2.75) is 18.4 Å². The van der Waals surface area contributed by atoms with Gasteiger partial charge in [0, 0.05) is 6.54 Å². The molecule has 0 saturated carbocycles. The zero-order valence-corrected chi connectivity index (χ0v) is 12.9. The van der Waals surface area contributed by atoms with Gasteiger partial charge in [-0.3, -0.25) is 0 Å². The number of hydrogen-bond donors (Lipinski definition) is 1. The lowest BCUT2D eigenvalue weighted by Gasteiger charge is -2.08. The number of sulfonamides is 1. The molecule has 2 aromatic carbocycles. The lowest BCUT2D eigenvalue weighted by molar-refractivity contribution is 0.581. The van der Waals surface area contributed by atoms with E-state index in [0.717, 1.165) is 11.1 Å². The van der Waals surface area contributed by atoms with E-state index in [-0.39, 0.29) is 22.0 Å². The van der Waals surface area contributed by atoms with E-state index in [4.69, 9.17) is 16.9 Å². The van der Waals surface area contributed by atoms with E-state index < -0.39 is 10.0 Å². The molecule has 2 rings (SSSR count). The van der Waals surface area contributed by atoms with E-state index in [1.54, 1.807) is 0 Å². The molecule has 0 amide bonds. The Kier molecular flexibility index (Phi) is 4.63. The van der Waals surface area contributed by atoms with Gasteiger partial charge in [-0.25, -0.2) is 13.1 Å². The summed E-state index contributed by atoms with van der Waals surface area (Å²) in [6.07, 6.45) is 0. The summed E-state index contributed by atoms with van der Waals surface area (Å²) >= 11 is 5.86. The maximum absolute atomic E-state index is 12.2. The number of benzene rings is 2. The highest BCUT2D eigenvalue weighted by molar-refractivity contribution is 7.89. The van der Waals surface area contributed by atoms with Crippen LogP contribution in [0.3, 0.4) is 0 Å². The smallest absolute Gasteiger partial charge is 0.207 e. The van der Waals surface area contributed by atoms with Crippen molar-refractivity contribution in [3.63, 3.8) is 0 Å². The van der Waals surface area contributed by atoms with E-state index in [1.807, 2.05) is 37.3 Å². The van der Waals surface area contributed by atoms with Gasteiger partial charge in [0.15, 0.2) is 0 Å². The lowest BCUT2D eigenvalue weighted by Crippen LogP contribution is -2.23. The highest BCUT2D eigenvalue weighted by Crippen LogP contribution is 2.20. The van der Waals surface area contributed by atoms with Gasteiger partial charge < -0.3 is 0 Å². The van der Waals surface area contributed by atoms with Crippen LogP contribution in [0.1, 0.15) is 16.7 Å². The number of rotatable bonds is 4. The van der Waals surface area contributed by atoms with Gasteiger partial charge in [0.05, 0.1) is 15.5 Å². The third-order valence-corrected chi connectivity index (χ3v) is 4.63. The predicted molar refractivity (Wildman–Crippen MR) is 81.4 cm³/mol. The lowest BCUT2D eigenvalue weighted by atomic mass is 10.1. The minimum Gasteiger partial charge on any atom is -0.207 e. The van der Waals surface area contributed by atoms with Gasteiger partial charge in [0.2, 0.25) is 10.0 Å². The number of nitrogens with zero attached hydrogens (tertiary/aromatic N) is 1. The van der Waals surface area contributed by atoms with Crippen molar-refractivity contribution >= 4 is 21.6 Å². The summed E-state index contributed by atoms with van der Waals surface area (Å²) in [6.45, 7) is 2.14. The molecule has 6 heteroatoms. The van der Waals surface area contributed by atoms with Crippen molar-refractivity contribution < 1.29 is 8.42 Å². The first kappa shape index (κ1) is 15.5. The zero-order valence-electron chi connectivity index (χ0n) is 11.3. The number of nitrogens with one attached hydrogen (secondary N) is 1. The van der Waals surface area contributed by atoms with E-state index in [9.17, 15) is 8.42 Å². The average Bonchev–Trinajstić information content (AvgIpc) is 2.45. The van der Waals surface area contributed by atoms with E-state index >= 15 is 0 Å². The molecule has 4 nitrogen and oxygen atoms in total. The minimum atomic E-state index is -3.66. The second-order valence-corrected chi connectivity index (χ2v) is 6.74. The highest BCUT2D eigenvalue weighted by Gasteiger charge is 2.15. The topological polar surface area (TPSA) is 70.0 Å². The Bertz CT molecular complexity index is 811. The third-order valence-electron chi connectivity index (χ3n) is 2.92. The van der Waals surface area contributed by atoms with Crippen LogP contribution in [0.4, 0.5) is 0 Å². The molecule has 0 aliphatic rings. The molecule has 0 spiro atoms. The fourth-order valence-corrected chi connectivity index (χ4v) is 3.17. The Morgan fingerprint density at radius 1 is 1.24 bits per heavy atom. The summed E-state index contributed by atoms with van der Waals surface area (Å²) in [6, 6.07) is 13.5. The second-order valence-electron chi connectivity index (χ2n) is 4.57. The zero-order chi connectivity index (χ0) is 15.5. The van der Waals surface area contributed by atoms with E-state index in [1.165, 1.54) is 18.2 Å². The fraction of sp³-hybridized carbons (Fsp3) is 0.133. The first-order valence-electron chi connectivity index (χ1n) is 6.17. The summed E-state index contributed by atoms with van der Waals surface area (Å²) in [5.74, 6) is 0. The maximum Gasteiger partial charge on any atom is 0.240 e. The fourth-order valence-electron chi connectivity index (χ4n) is 1.84. The predicted octanol–water partition coefficient (Wildman–Crippen LogP) is 3.00. The van der Waals surface area contributed by atoms with Gasteiger partial charge in [-0.1, -0.05) is 41.4 Å². The Morgan fingerprint density at radius 2 is 2.00 bits per heavy atom. The van der Waals surface area contributed by atoms with Gasteiger partial charge in [-0.2, -0.15) is 5.26 Å². The van der Waals surface area contributed by atoms with Crippen molar-refractivity contribution in [3.8, 4) is 6.07 Å². The Morgan fingerprint density at radius 3 is 2.62 bits per heavy atom. The molecule has 0 bridgehead atoms. The summed E-state index contributed by atoms with van der Waals surface area (Å²) in [5, 5.41) is 8.91. The number of hydrogen-bond acceptors (Lipinski definition) is 3. The van der Waals surface area contributed by atoms with E-state index in [2.05, 4.69) is 4.72 Å².